The molecule has 2 N–H and O–H groups in total. The number of nitriles is 1. The van der Waals surface area contributed by atoms with Gasteiger partial charge < -0.3 is 15.2 Å². The van der Waals surface area contributed by atoms with Crippen LogP contribution < -0.4 is 5.32 Å². The van der Waals surface area contributed by atoms with E-state index in [1.165, 1.54) is 31.2 Å². The molecule has 0 bridgehead atoms. The number of carbonyl (C=O) groups excluding carboxylic acids is 1. The third-order valence-electron chi connectivity index (χ3n) is 3.82. The van der Waals surface area contributed by atoms with Gasteiger partial charge in [0.2, 0.25) is 0 Å². The number of ether oxygens (including phenoxy) is 1. The van der Waals surface area contributed by atoms with Crippen molar-refractivity contribution >= 4 is 30.0 Å². The van der Waals surface area contributed by atoms with Crippen molar-refractivity contribution in [1.82, 2.24) is 5.32 Å². The maximum absolute atomic E-state index is 12.4. The summed E-state index contributed by atoms with van der Waals surface area (Å²) in [6, 6.07) is 7.11. The highest BCUT2D eigenvalue weighted by Crippen LogP contribution is 2.39. The summed E-state index contributed by atoms with van der Waals surface area (Å²) in [5, 5.41) is 32.7. The number of dihydropyridines is 1. The number of carboxylic acids is 1. The SMILES string of the molecule is CCOC(=O)C1=C(C#N)NC(C)=C(C(=O)O)C1c1cccc([N+](=O)[O-])c1.Cl. The van der Waals surface area contributed by atoms with Crippen molar-refractivity contribution in [2.24, 2.45) is 0 Å². The molecule has 0 radical (unpaired) electrons. The molecule has 2 rings (SSSR count). The van der Waals surface area contributed by atoms with Gasteiger partial charge >= 0.3 is 11.9 Å². The second kappa shape index (κ2) is 8.82. The average Bonchev–Trinajstić information content (AvgIpc) is 2.60. The molecule has 0 spiro atoms. The number of esters is 1. The van der Waals surface area contributed by atoms with Gasteiger partial charge in [0.1, 0.15) is 11.8 Å². The highest BCUT2D eigenvalue weighted by Gasteiger charge is 2.39. The number of hydrogen-bond acceptors (Lipinski definition) is 7. The van der Waals surface area contributed by atoms with E-state index in [2.05, 4.69) is 5.32 Å². The number of non-ortho nitro benzene ring substituents is 1. The summed E-state index contributed by atoms with van der Waals surface area (Å²) in [6.07, 6.45) is 0. The van der Waals surface area contributed by atoms with Crippen LogP contribution in [0.1, 0.15) is 25.3 Å². The van der Waals surface area contributed by atoms with Crippen LogP contribution in [0.2, 0.25) is 0 Å². The van der Waals surface area contributed by atoms with Gasteiger partial charge in [-0.3, -0.25) is 10.1 Å². The van der Waals surface area contributed by atoms with Crippen molar-refractivity contribution in [2.45, 2.75) is 19.8 Å². The zero-order chi connectivity index (χ0) is 19.4. The maximum atomic E-state index is 12.4. The van der Waals surface area contributed by atoms with Crippen LogP contribution in [-0.4, -0.2) is 28.6 Å². The van der Waals surface area contributed by atoms with Crippen molar-refractivity contribution in [1.29, 1.82) is 5.26 Å². The molecule has 0 aliphatic carbocycles. The molecule has 0 amide bonds. The van der Waals surface area contributed by atoms with Gasteiger partial charge in [-0.2, -0.15) is 5.26 Å². The lowest BCUT2D eigenvalue weighted by Crippen LogP contribution is -2.32. The monoisotopic (exact) mass is 393 g/mol. The van der Waals surface area contributed by atoms with Gasteiger partial charge in [0.05, 0.1) is 28.6 Å². The number of nitro groups is 1. The van der Waals surface area contributed by atoms with Crippen molar-refractivity contribution < 1.29 is 24.4 Å². The molecule has 0 saturated heterocycles. The van der Waals surface area contributed by atoms with Crippen LogP contribution in [-0.2, 0) is 14.3 Å². The fourth-order valence-corrected chi connectivity index (χ4v) is 2.78. The van der Waals surface area contributed by atoms with E-state index in [1.54, 1.807) is 6.92 Å². The first-order valence-corrected chi connectivity index (χ1v) is 7.58. The Kier molecular flexibility index (Phi) is 7.08. The minimum atomic E-state index is -1.31. The van der Waals surface area contributed by atoms with Crippen LogP contribution in [0.3, 0.4) is 0 Å². The number of carbonyl (C=O) groups is 2. The molecule has 0 aromatic heterocycles. The zero-order valence-electron chi connectivity index (χ0n) is 14.4. The summed E-state index contributed by atoms with van der Waals surface area (Å²) in [5.74, 6) is -3.35. The Morgan fingerprint density at radius 3 is 2.59 bits per heavy atom. The van der Waals surface area contributed by atoms with Crippen LogP contribution >= 0.6 is 12.4 Å². The van der Waals surface area contributed by atoms with Gasteiger partial charge in [0.25, 0.3) is 5.69 Å². The fraction of sp³-hybridized carbons (Fsp3) is 0.235. The fourth-order valence-electron chi connectivity index (χ4n) is 2.78. The van der Waals surface area contributed by atoms with Crippen molar-refractivity contribution in [2.75, 3.05) is 6.61 Å². The lowest BCUT2D eigenvalue weighted by molar-refractivity contribution is -0.384. The van der Waals surface area contributed by atoms with Gasteiger partial charge in [-0.05, 0) is 19.4 Å². The number of benzene rings is 1. The predicted molar refractivity (Wildman–Crippen MR) is 95.8 cm³/mol. The molecule has 1 heterocycles. The molecule has 0 fully saturated rings. The maximum Gasteiger partial charge on any atom is 0.337 e. The summed E-state index contributed by atoms with van der Waals surface area (Å²) in [6.45, 7) is 3.04. The normalized spacial score (nSPS) is 16.0. The summed E-state index contributed by atoms with van der Waals surface area (Å²) < 4.78 is 4.97. The number of aliphatic carboxylic acids is 1. The number of hydrogen-bond donors (Lipinski definition) is 2. The Hall–Kier alpha value is -3.38. The lowest BCUT2D eigenvalue weighted by atomic mass is 9.80. The van der Waals surface area contributed by atoms with Crippen LogP contribution in [0, 0.1) is 21.4 Å². The first-order valence-electron chi connectivity index (χ1n) is 7.58. The summed E-state index contributed by atoms with van der Waals surface area (Å²) in [5.41, 5.74) is -0.426. The summed E-state index contributed by atoms with van der Waals surface area (Å²) in [7, 11) is 0. The molecule has 142 valence electrons. The average molecular weight is 394 g/mol. The quantitative estimate of drug-likeness (QED) is 0.441. The smallest absolute Gasteiger partial charge is 0.337 e. The van der Waals surface area contributed by atoms with E-state index in [9.17, 15) is 30.1 Å². The van der Waals surface area contributed by atoms with Gasteiger partial charge in [-0.25, -0.2) is 9.59 Å². The Bertz CT molecular complexity index is 900. The molecule has 0 saturated carbocycles. The molecule has 1 aromatic rings. The van der Waals surface area contributed by atoms with E-state index in [1.807, 2.05) is 6.07 Å². The predicted octanol–water partition coefficient (Wildman–Crippen LogP) is 2.40. The second-order valence-electron chi connectivity index (χ2n) is 5.37. The number of carboxylic acid groups (broad SMARTS) is 1. The first-order chi connectivity index (χ1) is 12.3. The molecule has 1 aliphatic rings. The Morgan fingerprint density at radius 1 is 1.41 bits per heavy atom. The lowest BCUT2D eigenvalue weighted by Gasteiger charge is -2.28. The Labute approximate surface area is 160 Å². The number of halogens is 1. The molecular formula is C17H16ClN3O6. The molecule has 1 unspecified atom stereocenters. The third kappa shape index (κ3) is 4.24. The van der Waals surface area contributed by atoms with Gasteiger partial charge in [0.15, 0.2) is 0 Å². The van der Waals surface area contributed by atoms with E-state index in [0.717, 1.165) is 0 Å². The topological polar surface area (TPSA) is 143 Å². The standard InChI is InChI=1S/C17H15N3O6.ClH/c1-3-26-17(23)15-12(8-18)19-9(2)13(16(21)22)14(15)10-5-4-6-11(7-10)20(24)25;/h4-7,14,19H,3H2,1-2H3,(H,21,22);1H. The Morgan fingerprint density at radius 2 is 2.07 bits per heavy atom. The van der Waals surface area contributed by atoms with Gasteiger partial charge in [-0.1, -0.05) is 12.1 Å². The Balaban J connectivity index is 0.00000364. The van der Waals surface area contributed by atoms with Crippen LogP contribution in [0.25, 0.3) is 0 Å². The molecule has 1 aliphatic heterocycles. The van der Waals surface area contributed by atoms with E-state index >= 15 is 0 Å². The van der Waals surface area contributed by atoms with E-state index in [-0.39, 0.29) is 52.8 Å². The van der Waals surface area contributed by atoms with Crippen LogP contribution in [0.4, 0.5) is 5.69 Å². The number of nitrogens with zero attached hydrogens (tertiary/aromatic N) is 2. The van der Waals surface area contributed by atoms with E-state index in [0.29, 0.717) is 0 Å². The number of rotatable bonds is 5. The summed E-state index contributed by atoms with van der Waals surface area (Å²) >= 11 is 0. The van der Waals surface area contributed by atoms with Crippen LogP contribution in [0.5, 0.6) is 0 Å². The molecule has 9 nitrogen and oxygen atoms in total. The number of allylic oxidation sites excluding steroid dienone is 2. The number of nitrogens with one attached hydrogen (secondary N) is 1. The first kappa shape index (κ1) is 21.7. The van der Waals surface area contributed by atoms with Crippen LogP contribution in [0.15, 0.2) is 46.8 Å². The highest BCUT2D eigenvalue weighted by molar-refractivity contribution is 5.99. The van der Waals surface area contributed by atoms with E-state index < -0.39 is 22.8 Å². The number of nitro benzene ring substituents is 1. The largest absolute Gasteiger partial charge is 0.478 e. The van der Waals surface area contributed by atoms with Crippen molar-refractivity contribution in [3.8, 4) is 6.07 Å². The molecular weight excluding hydrogens is 378 g/mol. The van der Waals surface area contributed by atoms with Gasteiger partial charge in [0, 0.05) is 17.8 Å². The third-order valence-corrected chi connectivity index (χ3v) is 3.82. The molecule has 10 heteroatoms. The highest BCUT2D eigenvalue weighted by atomic mass is 35.5. The summed E-state index contributed by atoms with van der Waals surface area (Å²) in [4.78, 5) is 34.7. The molecule has 1 atom stereocenters. The molecule has 1 aromatic carbocycles. The van der Waals surface area contributed by atoms with E-state index in [4.69, 9.17) is 4.74 Å². The zero-order valence-corrected chi connectivity index (χ0v) is 15.2. The van der Waals surface area contributed by atoms with Crippen molar-refractivity contribution in [3.05, 3.63) is 62.5 Å². The molecule has 27 heavy (non-hydrogen) atoms. The van der Waals surface area contributed by atoms with Gasteiger partial charge in [-0.15, -0.1) is 12.4 Å². The minimum Gasteiger partial charge on any atom is -0.478 e. The second-order valence-corrected chi connectivity index (χ2v) is 5.37. The van der Waals surface area contributed by atoms with Crippen molar-refractivity contribution in [3.63, 3.8) is 0 Å². The minimum absolute atomic E-state index is 0.